The van der Waals surface area contributed by atoms with Gasteiger partial charge in [-0.25, -0.2) is 9.98 Å². The van der Waals surface area contributed by atoms with E-state index in [0.717, 1.165) is 42.6 Å². The van der Waals surface area contributed by atoms with Gasteiger partial charge in [-0.1, -0.05) is 61.2 Å². The van der Waals surface area contributed by atoms with E-state index in [0.29, 0.717) is 19.7 Å². The molecule has 0 amide bonds. The second-order valence-electron chi connectivity index (χ2n) is 7.03. The first-order valence-corrected chi connectivity index (χ1v) is 10.7. The van der Waals surface area contributed by atoms with Crippen LogP contribution in [-0.2, 0) is 26.1 Å². The summed E-state index contributed by atoms with van der Waals surface area (Å²) in [6, 6.07) is 18.4. The molecule has 3 aromatic rings. The minimum atomic E-state index is 0. The Labute approximate surface area is 207 Å². The Morgan fingerprint density at radius 1 is 1.12 bits per heavy atom. The molecule has 32 heavy (non-hydrogen) atoms. The normalized spacial score (nSPS) is 10.8. The van der Waals surface area contributed by atoms with Crippen molar-refractivity contribution in [2.75, 3.05) is 13.2 Å². The first-order valence-electron chi connectivity index (χ1n) is 10.7. The minimum absolute atomic E-state index is 0. The van der Waals surface area contributed by atoms with Crippen molar-refractivity contribution in [3.63, 3.8) is 0 Å². The molecular weight excluding hydrogens is 513 g/mol. The van der Waals surface area contributed by atoms with E-state index < -0.39 is 0 Å². The molecule has 2 aromatic carbocycles. The number of hydrogen-bond donors (Lipinski definition) is 2. The van der Waals surface area contributed by atoms with E-state index in [1.807, 2.05) is 42.7 Å². The molecule has 0 atom stereocenters. The van der Waals surface area contributed by atoms with Gasteiger partial charge in [-0.05, 0) is 25.0 Å². The molecule has 7 heteroatoms. The van der Waals surface area contributed by atoms with Gasteiger partial charge >= 0.3 is 0 Å². The Bertz CT molecular complexity index is 971. The second kappa shape index (κ2) is 14.3. The number of aromatic nitrogens is 2. The highest BCUT2D eigenvalue weighted by molar-refractivity contribution is 14.0. The van der Waals surface area contributed by atoms with Crippen molar-refractivity contribution in [1.29, 1.82) is 0 Å². The summed E-state index contributed by atoms with van der Waals surface area (Å²) < 4.78 is 7.92. The molecule has 0 spiro atoms. The van der Waals surface area contributed by atoms with Gasteiger partial charge in [-0.3, -0.25) is 0 Å². The van der Waals surface area contributed by atoms with Crippen molar-refractivity contribution in [2.24, 2.45) is 4.99 Å². The molecular formula is C25H32IN5O. The molecule has 0 fully saturated rings. The summed E-state index contributed by atoms with van der Waals surface area (Å²) in [6.07, 6.45) is 6.59. The molecule has 0 unspecified atom stereocenters. The SMILES string of the molecule is C=CCOc1ccccc1CN=C(NCC)NCc1nccn1CCc1ccccc1.I. The van der Waals surface area contributed by atoms with E-state index in [-0.39, 0.29) is 24.0 Å². The number of para-hydroxylation sites is 1. The fraction of sp³-hybridized carbons (Fsp3) is 0.280. The maximum atomic E-state index is 5.74. The molecule has 0 saturated carbocycles. The molecule has 3 rings (SSSR count). The van der Waals surface area contributed by atoms with Gasteiger partial charge in [-0.2, -0.15) is 0 Å². The molecule has 0 aliphatic carbocycles. The van der Waals surface area contributed by atoms with Crippen LogP contribution in [0, 0.1) is 0 Å². The van der Waals surface area contributed by atoms with Gasteiger partial charge in [0.2, 0.25) is 0 Å². The van der Waals surface area contributed by atoms with E-state index in [4.69, 9.17) is 9.73 Å². The maximum Gasteiger partial charge on any atom is 0.191 e. The molecule has 0 bridgehead atoms. The van der Waals surface area contributed by atoms with Crippen molar-refractivity contribution in [3.05, 3.63) is 96.6 Å². The lowest BCUT2D eigenvalue weighted by atomic mass is 10.1. The number of guanidine groups is 1. The average Bonchev–Trinajstić information content (AvgIpc) is 3.26. The largest absolute Gasteiger partial charge is 0.489 e. The lowest BCUT2D eigenvalue weighted by Crippen LogP contribution is -2.37. The topological polar surface area (TPSA) is 63.5 Å². The molecule has 0 saturated heterocycles. The van der Waals surface area contributed by atoms with Gasteiger partial charge in [0.1, 0.15) is 18.2 Å². The molecule has 2 N–H and O–H groups in total. The van der Waals surface area contributed by atoms with Crippen molar-refractivity contribution >= 4 is 29.9 Å². The molecule has 0 radical (unpaired) electrons. The maximum absolute atomic E-state index is 5.74. The third kappa shape index (κ3) is 8.03. The van der Waals surface area contributed by atoms with E-state index in [1.165, 1.54) is 5.56 Å². The first kappa shape index (κ1) is 25.5. The van der Waals surface area contributed by atoms with Crippen LogP contribution < -0.4 is 15.4 Å². The monoisotopic (exact) mass is 545 g/mol. The van der Waals surface area contributed by atoms with Crippen molar-refractivity contribution < 1.29 is 4.74 Å². The van der Waals surface area contributed by atoms with Crippen molar-refractivity contribution in [1.82, 2.24) is 20.2 Å². The van der Waals surface area contributed by atoms with Crippen molar-refractivity contribution in [2.45, 2.75) is 33.0 Å². The van der Waals surface area contributed by atoms with Gasteiger partial charge in [0.25, 0.3) is 0 Å². The number of aryl methyl sites for hydroxylation is 2. The fourth-order valence-electron chi connectivity index (χ4n) is 3.20. The Kier molecular flexibility index (Phi) is 11.4. The zero-order valence-electron chi connectivity index (χ0n) is 18.5. The van der Waals surface area contributed by atoms with Crippen LogP contribution in [0.25, 0.3) is 0 Å². The lowest BCUT2D eigenvalue weighted by molar-refractivity contribution is 0.359. The molecule has 1 heterocycles. The predicted octanol–water partition coefficient (Wildman–Crippen LogP) is 4.56. The molecule has 170 valence electrons. The van der Waals surface area contributed by atoms with Crippen LogP contribution in [0.3, 0.4) is 0 Å². The van der Waals surface area contributed by atoms with Gasteiger partial charge in [0.05, 0.1) is 13.1 Å². The molecule has 6 nitrogen and oxygen atoms in total. The van der Waals surface area contributed by atoms with E-state index in [2.05, 4.69) is 58.0 Å². The Balaban J connectivity index is 0.00000363. The third-order valence-electron chi connectivity index (χ3n) is 4.78. The number of ether oxygens (including phenoxy) is 1. The Morgan fingerprint density at radius 2 is 1.91 bits per heavy atom. The van der Waals surface area contributed by atoms with E-state index >= 15 is 0 Å². The van der Waals surface area contributed by atoms with Crippen LogP contribution in [-0.4, -0.2) is 28.7 Å². The number of nitrogens with zero attached hydrogens (tertiary/aromatic N) is 3. The van der Waals surface area contributed by atoms with Crippen LogP contribution in [0.15, 0.2) is 84.6 Å². The summed E-state index contributed by atoms with van der Waals surface area (Å²) in [6.45, 7) is 9.03. The van der Waals surface area contributed by atoms with Gasteiger partial charge in [0, 0.05) is 31.0 Å². The smallest absolute Gasteiger partial charge is 0.191 e. The number of benzene rings is 2. The Hall–Kier alpha value is -2.81. The van der Waals surface area contributed by atoms with Gasteiger partial charge in [0.15, 0.2) is 5.96 Å². The fourth-order valence-corrected chi connectivity index (χ4v) is 3.20. The highest BCUT2D eigenvalue weighted by atomic mass is 127. The molecule has 1 aromatic heterocycles. The standard InChI is InChI=1S/C25H31N5O.HI/c1-3-18-31-23-13-9-8-12-22(23)19-28-25(26-4-2)29-20-24-27-15-17-30(24)16-14-21-10-6-5-7-11-21;/h3,5-13,15,17H,1,4,14,16,18-20H2,2H3,(H2,26,28,29);1H. The summed E-state index contributed by atoms with van der Waals surface area (Å²) in [5.74, 6) is 2.56. The Morgan fingerprint density at radius 3 is 2.69 bits per heavy atom. The highest BCUT2D eigenvalue weighted by Crippen LogP contribution is 2.18. The van der Waals surface area contributed by atoms with Crippen LogP contribution in [0.2, 0.25) is 0 Å². The van der Waals surface area contributed by atoms with Crippen molar-refractivity contribution in [3.8, 4) is 5.75 Å². The number of hydrogen-bond acceptors (Lipinski definition) is 3. The predicted molar refractivity (Wildman–Crippen MR) is 142 cm³/mol. The summed E-state index contributed by atoms with van der Waals surface area (Å²) in [7, 11) is 0. The molecule has 0 aliphatic heterocycles. The van der Waals surface area contributed by atoms with Gasteiger partial charge < -0.3 is 19.9 Å². The van der Waals surface area contributed by atoms with Gasteiger partial charge in [-0.15, -0.1) is 24.0 Å². The van der Waals surface area contributed by atoms with Crippen LogP contribution in [0.4, 0.5) is 0 Å². The second-order valence-corrected chi connectivity index (χ2v) is 7.03. The van der Waals surface area contributed by atoms with Crippen LogP contribution >= 0.6 is 24.0 Å². The zero-order chi connectivity index (χ0) is 21.7. The number of aliphatic imine (C=N–C) groups is 1. The van der Waals surface area contributed by atoms with E-state index in [1.54, 1.807) is 6.08 Å². The highest BCUT2D eigenvalue weighted by Gasteiger charge is 2.06. The quantitative estimate of drug-likeness (QED) is 0.161. The average molecular weight is 545 g/mol. The third-order valence-corrected chi connectivity index (χ3v) is 4.78. The number of rotatable bonds is 11. The van der Waals surface area contributed by atoms with Crippen LogP contribution in [0.5, 0.6) is 5.75 Å². The minimum Gasteiger partial charge on any atom is -0.489 e. The number of imidazole rings is 1. The molecule has 0 aliphatic rings. The first-order chi connectivity index (χ1) is 15.3. The number of nitrogens with one attached hydrogen (secondary N) is 2. The number of halogens is 1. The van der Waals surface area contributed by atoms with Crippen LogP contribution in [0.1, 0.15) is 23.9 Å². The lowest BCUT2D eigenvalue weighted by Gasteiger charge is -2.13. The summed E-state index contributed by atoms with van der Waals surface area (Å²) in [5, 5.41) is 6.69. The summed E-state index contributed by atoms with van der Waals surface area (Å²) >= 11 is 0. The summed E-state index contributed by atoms with van der Waals surface area (Å²) in [5.41, 5.74) is 2.35. The zero-order valence-corrected chi connectivity index (χ0v) is 20.9. The summed E-state index contributed by atoms with van der Waals surface area (Å²) in [4.78, 5) is 9.24. The van der Waals surface area contributed by atoms with E-state index in [9.17, 15) is 0 Å².